The van der Waals surface area contributed by atoms with Crippen LogP contribution in [0.5, 0.6) is 0 Å². The third-order valence-electron chi connectivity index (χ3n) is 2.62. The fraction of sp³-hybridized carbons (Fsp3) is 0.615. The molecular formula is C13H20N4OS. The van der Waals surface area contributed by atoms with Crippen molar-refractivity contribution in [2.45, 2.75) is 52.1 Å². The lowest BCUT2D eigenvalue weighted by Crippen LogP contribution is -2.40. The van der Waals surface area contributed by atoms with Crippen LogP contribution in [0.15, 0.2) is 10.4 Å². The molecule has 104 valence electrons. The van der Waals surface area contributed by atoms with Crippen molar-refractivity contribution >= 4 is 23.2 Å². The zero-order valence-corrected chi connectivity index (χ0v) is 12.8. The fourth-order valence-corrected chi connectivity index (χ4v) is 2.63. The fourth-order valence-electron chi connectivity index (χ4n) is 1.71. The predicted octanol–water partition coefficient (Wildman–Crippen LogP) is 1.97. The quantitative estimate of drug-likeness (QED) is 0.870. The molecule has 0 bridgehead atoms. The number of carbonyl (C=O) groups excluding carboxylic acids is 1. The number of thiazole rings is 1. The monoisotopic (exact) mass is 280 g/mol. The molecule has 5 nitrogen and oxygen atoms in total. The van der Waals surface area contributed by atoms with Crippen molar-refractivity contribution in [3.8, 4) is 0 Å². The van der Waals surface area contributed by atoms with E-state index >= 15 is 0 Å². The highest BCUT2D eigenvalue weighted by molar-refractivity contribution is 7.09. The number of hydrogen-bond donors (Lipinski definition) is 2. The average Bonchev–Trinajstić information content (AvgIpc) is 2.82. The Labute approximate surface area is 117 Å². The molecule has 0 spiro atoms. The maximum absolute atomic E-state index is 11.9. The molecule has 0 radical (unpaired) electrons. The van der Waals surface area contributed by atoms with Gasteiger partial charge in [-0.15, -0.1) is 11.3 Å². The molecule has 6 heteroatoms. The van der Waals surface area contributed by atoms with E-state index in [1.807, 2.05) is 19.2 Å². The molecule has 0 aliphatic carbocycles. The van der Waals surface area contributed by atoms with Crippen LogP contribution in [0, 0.1) is 0 Å². The van der Waals surface area contributed by atoms with Crippen molar-refractivity contribution in [3.05, 3.63) is 16.1 Å². The number of carbonyl (C=O) groups is 1. The number of hydrogen-bond acceptors (Lipinski definition) is 5. The van der Waals surface area contributed by atoms with Crippen molar-refractivity contribution < 1.29 is 4.79 Å². The summed E-state index contributed by atoms with van der Waals surface area (Å²) in [4.78, 5) is 20.8. The van der Waals surface area contributed by atoms with E-state index in [-0.39, 0.29) is 17.4 Å². The Morgan fingerprint density at radius 2 is 2.11 bits per heavy atom. The van der Waals surface area contributed by atoms with E-state index in [0.29, 0.717) is 5.96 Å². The van der Waals surface area contributed by atoms with Crippen LogP contribution in [-0.4, -0.2) is 22.9 Å². The van der Waals surface area contributed by atoms with Crippen molar-refractivity contribution in [1.29, 1.82) is 0 Å². The molecule has 1 atom stereocenters. The molecule has 0 saturated heterocycles. The Kier molecular flexibility index (Phi) is 3.62. The predicted molar refractivity (Wildman–Crippen MR) is 77.4 cm³/mol. The van der Waals surface area contributed by atoms with Crippen LogP contribution in [0.3, 0.4) is 0 Å². The van der Waals surface area contributed by atoms with Crippen LogP contribution >= 0.6 is 11.3 Å². The lowest BCUT2D eigenvalue weighted by molar-refractivity contribution is -0.120. The minimum atomic E-state index is -0.520. The van der Waals surface area contributed by atoms with Crippen LogP contribution in [0.4, 0.5) is 0 Å². The molecule has 2 rings (SSSR count). The molecule has 0 fully saturated rings. The molecule has 0 aromatic carbocycles. The van der Waals surface area contributed by atoms with Gasteiger partial charge < -0.3 is 5.32 Å². The molecule has 0 saturated carbocycles. The summed E-state index contributed by atoms with van der Waals surface area (Å²) in [7, 11) is 0. The first-order valence-corrected chi connectivity index (χ1v) is 7.26. The van der Waals surface area contributed by atoms with Gasteiger partial charge in [0.15, 0.2) is 12.0 Å². The summed E-state index contributed by atoms with van der Waals surface area (Å²) in [6, 6.07) is -0.285. The van der Waals surface area contributed by atoms with Gasteiger partial charge in [0, 0.05) is 16.8 Å². The highest BCUT2D eigenvalue weighted by Gasteiger charge is 2.31. The molecule has 1 aliphatic heterocycles. The number of aliphatic imine (C=N–C) groups is 1. The minimum absolute atomic E-state index is 0.000718. The Morgan fingerprint density at radius 1 is 1.42 bits per heavy atom. The second-order valence-electron chi connectivity index (χ2n) is 6.00. The summed E-state index contributed by atoms with van der Waals surface area (Å²) in [6.07, 6.45) is 0. The summed E-state index contributed by atoms with van der Waals surface area (Å²) in [5, 5.41) is 8.80. The summed E-state index contributed by atoms with van der Waals surface area (Å²) in [6.45, 7) is 10.3. The maximum Gasteiger partial charge on any atom is 0.257 e. The van der Waals surface area contributed by atoms with Gasteiger partial charge in [-0.05, 0) is 13.8 Å². The first kappa shape index (κ1) is 14.0. The van der Waals surface area contributed by atoms with Gasteiger partial charge in [0.05, 0.1) is 10.7 Å². The second kappa shape index (κ2) is 4.92. The lowest BCUT2D eigenvalue weighted by Gasteiger charge is -2.13. The number of amides is 1. The minimum Gasteiger partial charge on any atom is -0.354 e. The molecule has 1 aromatic rings. The second-order valence-corrected chi connectivity index (χ2v) is 6.85. The zero-order chi connectivity index (χ0) is 14.2. The van der Waals surface area contributed by atoms with E-state index in [9.17, 15) is 4.79 Å². The van der Waals surface area contributed by atoms with Gasteiger partial charge in [-0.25, -0.2) is 9.98 Å². The summed E-state index contributed by atoms with van der Waals surface area (Å²) >= 11 is 1.58. The average molecular weight is 280 g/mol. The van der Waals surface area contributed by atoms with E-state index < -0.39 is 6.04 Å². The highest BCUT2D eigenvalue weighted by Crippen LogP contribution is 2.29. The molecular weight excluding hydrogens is 260 g/mol. The Morgan fingerprint density at radius 3 is 2.63 bits per heavy atom. The van der Waals surface area contributed by atoms with E-state index in [0.717, 1.165) is 10.7 Å². The number of rotatable bonds is 2. The van der Waals surface area contributed by atoms with Gasteiger partial charge in [-0.3, -0.25) is 10.1 Å². The van der Waals surface area contributed by atoms with E-state index in [4.69, 9.17) is 0 Å². The summed E-state index contributed by atoms with van der Waals surface area (Å²) < 4.78 is 0. The Balaban J connectivity index is 2.20. The molecule has 1 aliphatic rings. The summed E-state index contributed by atoms with van der Waals surface area (Å²) in [5.74, 6) is 0.421. The highest BCUT2D eigenvalue weighted by atomic mass is 32.1. The van der Waals surface area contributed by atoms with Gasteiger partial charge in [0.25, 0.3) is 5.91 Å². The number of nitrogens with one attached hydrogen (secondary N) is 2. The molecule has 19 heavy (non-hydrogen) atoms. The van der Waals surface area contributed by atoms with Crippen LogP contribution in [0.2, 0.25) is 0 Å². The van der Waals surface area contributed by atoms with Crippen molar-refractivity contribution in [2.24, 2.45) is 4.99 Å². The smallest absolute Gasteiger partial charge is 0.257 e. The SMILES string of the molecule is CC(C)NC1=NC(c2csc(C(C)(C)C)n2)C(=O)N1. The van der Waals surface area contributed by atoms with Crippen LogP contribution in [0.25, 0.3) is 0 Å². The Bertz CT molecular complexity index is 513. The molecule has 1 aromatic heterocycles. The first-order valence-electron chi connectivity index (χ1n) is 6.38. The van der Waals surface area contributed by atoms with E-state index in [1.54, 1.807) is 11.3 Å². The number of guanidine groups is 1. The summed E-state index contributed by atoms with van der Waals surface area (Å²) in [5.41, 5.74) is 0.730. The standard InChI is InChI=1S/C13H20N4OS/c1-7(2)14-12-16-9(10(18)17-12)8-6-19-11(15-8)13(3,4)5/h6-7,9H,1-5H3,(H2,14,16,17,18). The molecule has 1 amide bonds. The van der Waals surface area contributed by atoms with Crippen molar-refractivity contribution in [2.75, 3.05) is 0 Å². The van der Waals surface area contributed by atoms with Gasteiger partial charge in [0.1, 0.15) is 0 Å². The first-order chi connectivity index (χ1) is 8.77. The van der Waals surface area contributed by atoms with Crippen LogP contribution in [0.1, 0.15) is 51.4 Å². The van der Waals surface area contributed by atoms with Gasteiger partial charge >= 0.3 is 0 Å². The molecule has 1 unspecified atom stereocenters. The largest absolute Gasteiger partial charge is 0.354 e. The normalized spacial score (nSPS) is 19.6. The third-order valence-corrected chi connectivity index (χ3v) is 3.90. The number of nitrogens with zero attached hydrogens (tertiary/aromatic N) is 2. The lowest BCUT2D eigenvalue weighted by atomic mass is 9.98. The van der Waals surface area contributed by atoms with Crippen molar-refractivity contribution in [1.82, 2.24) is 15.6 Å². The molecule has 2 heterocycles. The number of aromatic nitrogens is 1. The maximum atomic E-state index is 11.9. The topological polar surface area (TPSA) is 66.4 Å². The molecule has 2 N–H and O–H groups in total. The van der Waals surface area contributed by atoms with Gasteiger partial charge in [-0.2, -0.15) is 0 Å². The van der Waals surface area contributed by atoms with E-state index in [1.165, 1.54) is 0 Å². The Hall–Kier alpha value is -1.43. The third kappa shape index (κ3) is 3.12. The zero-order valence-electron chi connectivity index (χ0n) is 11.9. The van der Waals surface area contributed by atoms with Crippen LogP contribution in [-0.2, 0) is 10.2 Å². The van der Waals surface area contributed by atoms with Gasteiger partial charge in [-0.1, -0.05) is 20.8 Å². The van der Waals surface area contributed by atoms with Gasteiger partial charge in [0.2, 0.25) is 0 Å². The van der Waals surface area contributed by atoms with Crippen molar-refractivity contribution in [3.63, 3.8) is 0 Å². The van der Waals surface area contributed by atoms with Crippen LogP contribution < -0.4 is 10.6 Å². The van der Waals surface area contributed by atoms with E-state index in [2.05, 4.69) is 41.4 Å².